The number of rotatable bonds is 3. The third kappa shape index (κ3) is 2.58. The highest BCUT2D eigenvalue weighted by Gasteiger charge is 2.39. The van der Waals surface area contributed by atoms with Gasteiger partial charge in [0.15, 0.2) is 0 Å². The summed E-state index contributed by atoms with van der Waals surface area (Å²) in [5.74, 6) is 1.43. The Morgan fingerprint density at radius 3 is 2.88 bits per heavy atom. The number of hydrogen-bond donors (Lipinski definition) is 1. The van der Waals surface area contributed by atoms with Crippen LogP contribution in [0.1, 0.15) is 46.0 Å². The second-order valence-corrected chi connectivity index (χ2v) is 5.99. The topological polar surface area (TPSA) is 29.3 Å². The SMILES string of the molecule is CCC(C)N(C)C1CC=CC2CCCC(N)C21. The first-order chi connectivity index (χ1) is 8.15. The molecule has 0 aromatic heterocycles. The summed E-state index contributed by atoms with van der Waals surface area (Å²) < 4.78 is 0. The number of nitrogens with two attached hydrogens (primary N) is 1. The maximum absolute atomic E-state index is 6.40. The lowest BCUT2D eigenvalue weighted by Crippen LogP contribution is -2.53. The molecular weight excluding hydrogens is 208 g/mol. The van der Waals surface area contributed by atoms with Crippen LogP contribution in [0.3, 0.4) is 0 Å². The van der Waals surface area contributed by atoms with Crippen LogP contribution in [-0.4, -0.2) is 30.1 Å². The summed E-state index contributed by atoms with van der Waals surface area (Å²) in [4.78, 5) is 2.58. The Kier molecular flexibility index (Phi) is 4.26. The summed E-state index contributed by atoms with van der Waals surface area (Å²) in [6.45, 7) is 4.61. The van der Waals surface area contributed by atoms with Gasteiger partial charge in [0.05, 0.1) is 0 Å². The molecule has 0 aromatic carbocycles. The molecule has 0 bridgehead atoms. The molecule has 0 heterocycles. The zero-order chi connectivity index (χ0) is 12.4. The Hall–Kier alpha value is -0.340. The number of nitrogens with zero attached hydrogens (tertiary/aromatic N) is 1. The minimum atomic E-state index is 0.412. The lowest BCUT2D eigenvalue weighted by Gasteiger charge is -2.47. The predicted octanol–water partition coefficient (Wildman–Crippen LogP) is 2.79. The highest BCUT2D eigenvalue weighted by atomic mass is 15.2. The largest absolute Gasteiger partial charge is 0.327 e. The summed E-state index contributed by atoms with van der Waals surface area (Å²) >= 11 is 0. The smallest absolute Gasteiger partial charge is 0.0178 e. The van der Waals surface area contributed by atoms with E-state index in [2.05, 4.69) is 37.9 Å². The Labute approximate surface area is 106 Å². The molecule has 5 unspecified atom stereocenters. The molecule has 0 spiro atoms. The summed E-state index contributed by atoms with van der Waals surface area (Å²) in [6, 6.07) is 1.74. The fraction of sp³-hybridized carbons (Fsp3) is 0.867. The first-order valence-electron chi connectivity index (χ1n) is 7.29. The summed E-state index contributed by atoms with van der Waals surface area (Å²) in [7, 11) is 2.29. The molecule has 2 aliphatic carbocycles. The first-order valence-corrected chi connectivity index (χ1v) is 7.29. The van der Waals surface area contributed by atoms with E-state index in [1.807, 2.05) is 0 Å². The Morgan fingerprint density at radius 1 is 1.41 bits per heavy atom. The van der Waals surface area contributed by atoms with Crippen molar-refractivity contribution in [3.8, 4) is 0 Å². The second-order valence-electron chi connectivity index (χ2n) is 5.99. The molecule has 2 N–H and O–H groups in total. The van der Waals surface area contributed by atoms with Gasteiger partial charge >= 0.3 is 0 Å². The average molecular weight is 236 g/mol. The van der Waals surface area contributed by atoms with Gasteiger partial charge in [-0.15, -0.1) is 0 Å². The van der Waals surface area contributed by atoms with Crippen molar-refractivity contribution in [3.63, 3.8) is 0 Å². The van der Waals surface area contributed by atoms with Gasteiger partial charge < -0.3 is 10.6 Å². The molecular formula is C15H28N2. The minimum absolute atomic E-state index is 0.412. The molecule has 1 fully saturated rings. The lowest BCUT2D eigenvalue weighted by atomic mass is 9.68. The lowest BCUT2D eigenvalue weighted by molar-refractivity contribution is 0.0675. The van der Waals surface area contributed by atoms with Crippen LogP contribution in [0, 0.1) is 11.8 Å². The van der Waals surface area contributed by atoms with Crippen LogP contribution in [0.25, 0.3) is 0 Å². The normalized spacial score (nSPS) is 39.1. The van der Waals surface area contributed by atoms with E-state index >= 15 is 0 Å². The van der Waals surface area contributed by atoms with Crippen LogP contribution >= 0.6 is 0 Å². The molecule has 2 heteroatoms. The minimum Gasteiger partial charge on any atom is -0.327 e. The molecule has 2 rings (SSSR count). The zero-order valence-corrected chi connectivity index (χ0v) is 11.6. The van der Waals surface area contributed by atoms with Crippen molar-refractivity contribution >= 4 is 0 Å². The van der Waals surface area contributed by atoms with Crippen LogP contribution in [0.4, 0.5) is 0 Å². The fourth-order valence-corrected chi connectivity index (χ4v) is 3.69. The van der Waals surface area contributed by atoms with Crippen molar-refractivity contribution in [3.05, 3.63) is 12.2 Å². The van der Waals surface area contributed by atoms with E-state index in [-0.39, 0.29) is 0 Å². The molecule has 0 saturated heterocycles. The van der Waals surface area contributed by atoms with Crippen molar-refractivity contribution in [1.82, 2.24) is 4.90 Å². The third-order valence-corrected chi connectivity index (χ3v) is 5.08. The fourth-order valence-electron chi connectivity index (χ4n) is 3.69. The average Bonchev–Trinajstić information content (AvgIpc) is 2.36. The highest BCUT2D eigenvalue weighted by Crippen LogP contribution is 2.39. The van der Waals surface area contributed by atoms with Crippen LogP contribution in [0.5, 0.6) is 0 Å². The van der Waals surface area contributed by atoms with Crippen LogP contribution in [-0.2, 0) is 0 Å². The standard InChI is InChI=1S/C15H28N2/c1-4-11(2)17(3)14-10-6-8-12-7-5-9-13(16)15(12)14/h6,8,11-15H,4-5,7,9-10,16H2,1-3H3. The molecule has 0 amide bonds. The van der Waals surface area contributed by atoms with Crippen molar-refractivity contribution in [2.24, 2.45) is 17.6 Å². The number of fused-ring (bicyclic) bond motifs is 1. The summed E-state index contributed by atoms with van der Waals surface area (Å²) in [6.07, 6.45) is 11.1. The Balaban J connectivity index is 2.13. The number of allylic oxidation sites excluding steroid dienone is 1. The van der Waals surface area contributed by atoms with Gasteiger partial charge in [0.25, 0.3) is 0 Å². The molecule has 98 valence electrons. The first kappa shape index (κ1) is 13.1. The van der Waals surface area contributed by atoms with E-state index in [0.717, 1.165) is 5.92 Å². The number of hydrogen-bond acceptors (Lipinski definition) is 2. The predicted molar refractivity (Wildman–Crippen MR) is 73.9 cm³/mol. The van der Waals surface area contributed by atoms with E-state index < -0.39 is 0 Å². The van der Waals surface area contributed by atoms with Gasteiger partial charge in [0.2, 0.25) is 0 Å². The molecule has 1 saturated carbocycles. The van der Waals surface area contributed by atoms with Gasteiger partial charge in [0, 0.05) is 18.1 Å². The van der Waals surface area contributed by atoms with Crippen molar-refractivity contribution in [2.75, 3.05) is 7.05 Å². The highest BCUT2D eigenvalue weighted by molar-refractivity contribution is 5.08. The molecule has 2 aliphatic rings. The van der Waals surface area contributed by atoms with Crippen molar-refractivity contribution < 1.29 is 0 Å². The van der Waals surface area contributed by atoms with E-state index in [0.29, 0.717) is 24.0 Å². The molecule has 5 atom stereocenters. The molecule has 0 aliphatic heterocycles. The monoisotopic (exact) mass is 236 g/mol. The molecule has 2 nitrogen and oxygen atoms in total. The molecule has 0 aromatic rings. The van der Waals surface area contributed by atoms with Crippen LogP contribution in [0.15, 0.2) is 12.2 Å². The van der Waals surface area contributed by atoms with E-state index in [9.17, 15) is 0 Å². The Morgan fingerprint density at radius 2 is 2.18 bits per heavy atom. The third-order valence-electron chi connectivity index (χ3n) is 5.08. The van der Waals surface area contributed by atoms with E-state index in [1.54, 1.807) is 0 Å². The quantitative estimate of drug-likeness (QED) is 0.764. The van der Waals surface area contributed by atoms with Gasteiger partial charge in [-0.3, -0.25) is 0 Å². The van der Waals surface area contributed by atoms with E-state index in [4.69, 9.17) is 5.73 Å². The maximum atomic E-state index is 6.40. The zero-order valence-electron chi connectivity index (χ0n) is 11.6. The Bertz CT molecular complexity index is 274. The van der Waals surface area contributed by atoms with Gasteiger partial charge in [0.1, 0.15) is 0 Å². The van der Waals surface area contributed by atoms with Crippen LogP contribution in [0.2, 0.25) is 0 Å². The second kappa shape index (κ2) is 5.53. The van der Waals surface area contributed by atoms with Gasteiger partial charge in [-0.05, 0) is 51.5 Å². The molecule has 0 radical (unpaired) electrons. The van der Waals surface area contributed by atoms with Gasteiger partial charge in [-0.25, -0.2) is 0 Å². The van der Waals surface area contributed by atoms with Crippen molar-refractivity contribution in [1.29, 1.82) is 0 Å². The van der Waals surface area contributed by atoms with Crippen LogP contribution < -0.4 is 5.73 Å². The summed E-state index contributed by atoms with van der Waals surface area (Å²) in [5, 5.41) is 0. The van der Waals surface area contributed by atoms with Crippen molar-refractivity contribution in [2.45, 2.75) is 64.1 Å². The van der Waals surface area contributed by atoms with Gasteiger partial charge in [-0.1, -0.05) is 25.5 Å². The summed E-state index contributed by atoms with van der Waals surface area (Å²) in [5.41, 5.74) is 6.40. The van der Waals surface area contributed by atoms with Gasteiger partial charge in [-0.2, -0.15) is 0 Å². The maximum Gasteiger partial charge on any atom is 0.0178 e. The molecule has 17 heavy (non-hydrogen) atoms. The van der Waals surface area contributed by atoms with E-state index in [1.165, 1.54) is 32.1 Å².